The first-order valence-corrected chi connectivity index (χ1v) is 6.60. The number of nitrogens with zero attached hydrogens (tertiary/aromatic N) is 2. The third-order valence-electron chi connectivity index (χ3n) is 3.14. The van der Waals surface area contributed by atoms with E-state index in [4.69, 9.17) is 15.2 Å². The van der Waals surface area contributed by atoms with E-state index in [1.165, 1.54) is 7.11 Å². The third kappa shape index (κ3) is 2.93. The largest absolute Gasteiger partial charge is 0.479 e. The molecule has 3 N–H and O–H groups in total. The van der Waals surface area contributed by atoms with Gasteiger partial charge >= 0.3 is 0 Å². The van der Waals surface area contributed by atoms with Crippen molar-refractivity contribution in [3.8, 4) is 5.88 Å². The Morgan fingerprint density at radius 2 is 2.45 bits per heavy atom. The number of pyridine rings is 1. The van der Waals surface area contributed by atoms with Crippen molar-refractivity contribution in [3.05, 3.63) is 12.1 Å². The van der Waals surface area contributed by atoms with Crippen LogP contribution in [0.5, 0.6) is 5.88 Å². The van der Waals surface area contributed by atoms with E-state index < -0.39 is 0 Å². The van der Waals surface area contributed by atoms with Crippen molar-refractivity contribution in [2.45, 2.75) is 13.0 Å². The molecular formula is C13H20N4O3. The number of likely N-dealkylation sites (N-methyl/N-ethyl adjacent to an activating group) is 1. The molecule has 7 heteroatoms. The van der Waals surface area contributed by atoms with Crippen molar-refractivity contribution in [1.29, 1.82) is 0 Å². The normalized spacial score (nSPS) is 18.7. The van der Waals surface area contributed by atoms with E-state index in [1.807, 2.05) is 11.8 Å². The van der Waals surface area contributed by atoms with E-state index in [0.29, 0.717) is 43.7 Å². The van der Waals surface area contributed by atoms with Gasteiger partial charge in [0.15, 0.2) is 0 Å². The molecule has 1 aliphatic rings. The van der Waals surface area contributed by atoms with Gasteiger partial charge in [0, 0.05) is 13.1 Å². The second kappa shape index (κ2) is 6.42. The quantitative estimate of drug-likeness (QED) is 0.808. The predicted molar refractivity (Wildman–Crippen MR) is 75.8 cm³/mol. The minimum absolute atomic E-state index is 0.0650. The van der Waals surface area contributed by atoms with Gasteiger partial charge < -0.3 is 25.4 Å². The Labute approximate surface area is 118 Å². The van der Waals surface area contributed by atoms with Gasteiger partial charge in [-0.25, -0.2) is 0 Å². The van der Waals surface area contributed by atoms with Crippen LogP contribution in [0.15, 0.2) is 12.1 Å². The molecule has 0 aliphatic carbocycles. The number of methoxy groups -OCH3 is 1. The van der Waals surface area contributed by atoms with E-state index in [1.54, 1.807) is 12.1 Å². The van der Waals surface area contributed by atoms with E-state index in [2.05, 4.69) is 10.3 Å². The number of nitrogen functional groups attached to an aromatic ring is 1. The maximum Gasteiger partial charge on any atom is 0.245 e. The summed E-state index contributed by atoms with van der Waals surface area (Å²) in [4.78, 5) is 18.4. The van der Waals surface area contributed by atoms with E-state index in [9.17, 15) is 4.79 Å². The Balaban J connectivity index is 2.25. The molecule has 0 spiro atoms. The molecule has 0 saturated carbocycles. The highest BCUT2D eigenvalue weighted by Crippen LogP contribution is 2.25. The number of nitrogens with one attached hydrogen (secondary N) is 1. The predicted octanol–water partition coefficient (Wildman–Crippen LogP) is 0.0137. The minimum Gasteiger partial charge on any atom is -0.479 e. The van der Waals surface area contributed by atoms with Gasteiger partial charge in [-0.05, 0) is 19.1 Å². The standard InChI is InChI=1S/C13H20N4O3/c1-3-15-12(18)10-8-20-7-6-17(10)11-5-4-9(14)13(16-11)19-2/h4-5,10H,3,6-8,14H2,1-2H3,(H,15,18). The van der Waals surface area contributed by atoms with Crippen LogP contribution in [0.3, 0.4) is 0 Å². The summed E-state index contributed by atoms with van der Waals surface area (Å²) < 4.78 is 10.5. The summed E-state index contributed by atoms with van der Waals surface area (Å²) >= 11 is 0. The Morgan fingerprint density at radius 1 is 1.65 bits per heavy atom. The van der Waals surface area contributed by atoms with Crippen LogP contribution in [0, 0.1) is 0 Å². The van der Waals surface area contributed by atoms with Crippen molar-refractivity contribution in [1.82, 2.24) is 10.3 Å². The molecule has 1 aromatic rings. The first-order chi connectivity index (χ1) is 9.67. The molecule has 1 atom stereocenters. The number of hydrogen-bond acceptors (Lipinski definition) is 6. The monoisotopic (exact) mass is 280 g/mol. The molecule has 2 heterocycles. The van der Waals surface area contributed by atoms with Gasteiger partial charge in [0.1, 0.15) is 11.9 Å². The lowest BCUT2D eigenvalue weighted by molar-refractivity contribution is -0.124. The number of morpholine rings is 1. The number of rotatable bonds is 4. The second-order valence-electron chi connectivity index (χ2n) is 4.45. The highest BCUT2D eigenvalue weighted by atomic mass is 16.5. The Hall–Kier alpha value is -2.02. The van der Waals surface area contributed by atoms with Crippen molar-refractivity contribution in [2.75, 3.05) is 44.0 Å². The molecule has 2 rings (SSSR count). The molecule has 1 aromatic heterocycles. The Morgan fingerprint density at radius 3 is 3.15 bits per heavy atom. The molecule has 0 bridgehead atoms. The van der Waals surface area contributed by atoms with Crippen LogP contribution in [0.1, 0.15) is 6.92 Å². The number of ether oxygens (including phenoxy) is 2. The van der Waals surface area contributed by atoms with Gasteiger partial charge in [-0.3, -0.25) is 4.79 Å². The summed E-state index contributed by atoms with van der Waals surface area (Å²) in [5.41, 5.74) is 6.23. The number of carbonyl (C=O) groups is 1. The average Bonchev–Trinajstić information content (AvgIpc) is 2.48. The molecule has 7 nitrogen and oxygen atoms in total. The number of aromatic nitrogens is 1. The van der Waals surface area contributed by atoms with Crippen LogP contribution in [0.25, 0.3) is 0 Å². The van der Waals surface area contributed by atoms with E-state index in [0.717, 1.165) is 0 Å². The van der Waals surface area contributed by atoms with Crippen LogP contribution in [-0.4, -0.2) is 50.3 Å². The lowest BCUT2D eigenvalue weighted by Gasteiger charge is -2.35. The van der Waals surface area contributed by atoms with Gasteiger partial charge in [-0.2, -0.15) is 4.98 Å². The zero-order chi connectivity index (χ0) is 14.5. The molecule has 1 unspecified atom stereocenters. The molecule has 0 radical (unpaired) electrons. The summed E-state index contributed by atoms with van der Waals surface area (Å²) in [6.07, 6.45) is 0. The summed E-state index contributed by atoms with van der Waals surface area (Å²) in [5.74, 6) is 0.962. The fourth-order valence-electron chi connectivity index (χ4n) is 2.15. The first-order valence-electron chi connectivity index (χ1n) is 6.60. The second-order valence-corrected chi connectivity index (χ2v) is 4.45. The molecule has 110 valence electrons. The topological polar surface area (TPSA) is 89.7 Å². The minimum atomic E-state index is -0.385. The van der Waals surface area contributed by atoms with Crippen LogP contribution in [0.2, 0.25) is 0 Å². The van der Waals surface area contributed by atoms with Crippen LogP contribution in [0.4, 0.5) is 11.5 Å². The zero-order valence-corrected chi connectivity index (χ0v) is 11.8. The van der Waals surface area contributed by atoms with E-state index >= 15 is 0 Å². The average molecular weight is 280 g/mol. The maximum atomic E-state index is 12.1. The Bertz CT molecular complexity index is 481. The van der Waals surface area contributed by atoms with Gasteiger partial charge in [-0.1, -0.05) is 0 Å². The highest BCUT2D eigenvalue weighted by Gasteiger charge is 2.30. The first kappa shape index (κ1) is 14.4. The molecule has 1 fully saturated rings. The summed E-state index contributed by atoms with van der Waals surface area (Å²) in [6.45, 7) is 3.98. The van der Waals surface area contributed by atoms with Gasteiger partial charge in [-0.15, -0.1) is 0 Å². The van der Waals surface area contributed by atoms with Gasteiger partial charge in [0.25, 0.3) is 0 Å². The SMILES string of the molecule is CCNC(=O)C1COCCN1c1ccc(N)c(OC)n1. The maximum absolute atomic E-state index is 12.1. The smallest absolute Gasteiger partial charge is 0.245 e. The molecule has 20 heavy (non-hydrogen) atoms. The third-order valence-corrected chi connectivity index (χ3v) is 3.14. The fourth-order valence-corrected chi connectivity index (χ4v) is 2.15. The van der Waals surface area contributed by atoms with E-state index in [-0.39, 0.29) is 11.9 Å². The number of anilines is 2. The van der Waals surface area contributed by atoms with Crippen molar-refractivity contribution in [3.63, 3.8) is 0 Å². The summed E-state index contributed by atoms with van der Waals surface area (Å²) in [5, 5.41) is 2.81. The lowest BCUT2D eigenvalue weighted by atomic mass is 10.2. The number of carbonyl (C=O) groups excluding carboxylic acids is 1. The highest BCUT2D eigenvalue weighted by molar-refractivity contribution is 5.85. The van der Waals surface area contributed by atoms with Crippen LogP contribution < -0.4 is 20.7 Å². The summed E-state index contributed by atoms with van der Waals surface area (Å²) in [6, 6.07) is 3.13. The number of amides is 1. The number of nitrogens with two attached hydrogens (primary N) is 1. The summed E-state index contributed by atoms with van der Waals surface area (Å²) in [7, 11) is 1.52. The molecule has 1 aliphatic heterocycles. The van der Waals surface area contributed by atoms with Crippen molar-refractivity contribution < 1.29 is 14.3 Å². The zero-order valence-electron chi connectivity index (χ0n) is 11.8. The lowest BCUT2D eigenvalue weighted by Crippen LogP contribution is -2.54. The molecular weight excluding hydrogens is 260 g/mol. The van der Waals surface area contributed by atoms with Crippen molar-refractivity contribution in [2.24, 2.45) is 0 Å². The van der Waals surface area contributed by atoms with Gasteiger partial charge in [0.05, 0.1) is 26.0 Å². The number of hydrogen-bond donors (Lipinski definition) is 2. The Kier molecular flexibility index (Phi) is 4.62. The molecule has 1 amide bonds. The van der Waals surface area contributed by atoms with Crippen LogP contribution >= 0.6 is 0 Å². The fraction of sp³-hybridized carbons (Fsp3) is 0.538. The van der Waals surface area contributed by atoms with Crippen LogP contribution in [-0.2, 0) is 9.53 Å². The molecule has 1 saturated heterocycles. The van der Waals surface area contributed by atoms with Crippen molar-refractivity contribution >= 4 is 17.4 Å². The van der Waals surface area contributed by atoms with Gasteiger partial charge in [0.2, 0.25) is 11.8 Å². The molecule has 0 aromatic carbocycles.